The van der Waals surface area contributed by atoms with E-state index in [2.05, 4.69) is 349 Å². The normalized spacial score (nSPS) is 11.6. The maximum atomic E-state index is 6.93. The second kappa shape index (κ2) is 29.2. The number of fused-ring (bicyclic) bond motifs is 14. The third-order valence-electron chi connectivity index (χ3n) is 22.5. The van der Waals surface area contributed by atoms with Gasteiger partial charge >= 0.3 is 0 Å². The lowest BCUT2D eigenvalue weighted by atomic mass is 10.00. The van der Waals surface area contributed by atoms with Crippen LogP contribution in [0.5, 0.6) is 0 Å². The van der Waals surface area contributed by atoms with E-state index in [1.54, 1.807) is 0 Å². The molecule has 0 N–H and O–H groups in total. The van der Waals surface area contributed by atoms with Crippen molar-refractivity contribution < 1.29 is 8.83 Å². The SMILES string of the molecule is c1ccc(-c2ccc(-c3cccc(-n4c5ccccc5c5c6oc7cc(-c8nc(-c9ccccc9)nc(-c9ccc(-c%10ccccc%10)cc9)n8)ccc7c6ccc54)c3)cc2)cc1.c1ccc(-c2cccc(-c3nc(-c4ccccc4)nc(-c4ccc5c(c4)oc4c5ccc5c4c4ccccc4n5-c4cccc(-c5ccccc5)c4)n3)c2)cc1. The summed E-state index contributed by atoms with van der Waals surface area (Å²) >= 11 is 0. The standard InChI is InChI=1S/C57H36N4O.C51H32N4O/c1-4-13-37(14-5-1)39-23-25-41(26-24-39)44-19-12-20-46(35-44)61-50-22-11-10-21-49(50)53-51(61)34-33-48-47-32-31-45(36-52(47)62-54(48)53)57-59-55(42-17-8-3-9-18-42)58-56(60-57)43-29-27-40(28-30-43)38-15-6-2-7-16-38;1-4-14-33(15-5-1)36-20-12-22-38(30-36)50-52-49(35-18-8-3-9-19-35)53-51(54-50)39-26-27-41-42-28-29-45-47(48(42)56-46(41)32-39)43-24-10-11-25-44(43)55(45)40-23-13-21-37(31-40)34-16-6-2-7-17-34/h1-36H;1-32H. The van der Waals surface area contributed by atoms with Crippen LogP contribution < -0.4 is 0 Å². The van der Waals surface area contributed by atoms with Crippen LogP contribution in [0.2, 0.25) is 0 Å². The summed E-state index contributed by atoms with van der Waals surface area (Å²) in [5.41, 5.74) is 26.9. The Morgan fingerprint density at radius 1 is 0.161 bits per heavy atom. The maximum Gasteiger partial charge on any atom is 0.164 e. The second-order valence-corrected chi connectivity index (χ2v) is 29.6. The van der Waals surface area contributed by atoms with Crippen molar-refractivity contribution in [1.29, 1.82) is 0 Å². The van der Waals surface area contributed by atoms with Gasteiger partial charge in [-0.3, -0.25) is 0 Å². The summed E-state index contributed by atoms with van der Waals surface area (Å²) in [4.78, 5) is 30.2. The van der Waals surface area contributed by atoms with Gasteiger partial charge in [0.2, 0.25) is 0 Å². The van der Waals surface area contributed by atoms with E-state index in [4.69, 9.17) is 38.7 Å². The van der Waals surface area contributed by atoms with Crippen molar-refractivity contribution in [3.05, 3.63) is 413 Å². The van der Waals surface area contributed by atoms with Gasteiger partial charge < -0.3 is 18.0 Å². The first-order valence-electron chi connectivity index (χ1n) is 39.6. The molecule has 0 radical (unpaired) electrons. The fourth-order valence-corrected chi connectivity index (χ4v) is 16.8. The van der Waals surface area contributed by atoms with Crippen LogP contribution in [0.4, 0.5) is 0 Å². The second-order valence-electron chi connectivity index (χ2n) is 29.6. The summed E-state index contributed by atoms with van der Waals surface area (Å²) in [6.07, 6.45) is 0. The molecule has 0 amide bonds. The Morgan fingerprint density at radius 3 is 0.805 bits per heavy atom. The van der Waals surface area contributed by atoms with E-state index in [0.717, 1.165) is 160 Å². The number of para-hydroxylation sites is 2. The summed E-state index contributed by atoms with van der Waals surface area (Å²) in [7, 11) is 0. The van der Waals surface area contributed by atoms with Crippen LogP contribution in [0.15, 0.2) is 421 Å². The molecule has 0 unspecified atom stereocenters. The number of hydrogen-bond acceptors (Lipinski definition) is 8. The molecular weight excluding hydrogens is 1440 g/mol. The summed E-state index contributed by atoms with van der Waals surface area (Å²) in [6, 6.07) is 144. The van der Waals surface area contributed by atoms with Crippen LogP contribution in [0.1, 0.15) is 0 Å². The molecule has 0 bridgehead atoms. The van der Waals surface area contributed by atoms with E-state index in [9.17, 15) is 0 Å². The van der Waals surface area contributed by atoms with Crippen molar-refractivity contribution in [2.24, 2.45) is 0 Å². The van der Waals surface area contributed by atoms with Gasteiger partial charge in [0.05, 0.1) is 32.8 Å². The number of rotatable bonds is 13. The van der Waals surface area contributed by atoms with Gasteiger partial charge in [0.25, 0.3) is 0 Å². The predicted molar refractivity (Wildman–Crippen MR) is 483 cm³/mol. The topological polar surface area (TPSA) is 113 Å². The van der Waals surface area contributed by atoms with E-state index in [1.165, 1.54) is 27.8 Å². The molecule has 6 aromatic heterocycles. The van der Waals surface area contributed by atoms with Crippen molar-refractivity contribution in [2.75, 3.05) is 0 Å². The number of hydrogen-bond donors (Lipinski definition) is 0. The highest BCUT2D eigenvalue weighted by Gasteiger charge is 2.24. The predicted octanol–water partition coefficient (Wildman–Crippen LogP) is 28.1. The van der Waals surface area contributed by atoms with E-state index in [0.29, 0.717) is 34.9 Å². The van der Waals surface area contributed by atoms with Gasteiger partial charge in [-0.05, 0) is 147 Å². The number of nitrogens with zero attached hydrogens (tertiary/aromatic N) is 8. The fourth-order valence-electron chi connectivity index (χ4n) is 16.8. The Labute approximate surface area is 678 Å². The van der Waals surface area contributed by atoms with Gasteiger partial charge in [-0.15, -0.1) is 0 Å². The Bertz CT molecular complexity index is 7760. The Hall–Kier alpha value is -16.0. The zero-order chi connectivity index (χ0) is 78.0. The molecule has 6 heterocycles. The highest BCUT2D eigenvalue weighted by atomic mass is 16.3. The minimum atomic E-state index is 0.583. The zero-order valence-electron chi connectivity index (χ0n) is 63.7. The average Bonchev–Trinajstić information content (AvgIpc) is 1.56. The molecule has 0 aliphatic carbocycles. The fraction of sp³-hybridized carbons (Fsp3) is 0. The van der Waals surface area contributed by atoms with Gasteiger partial charge in [-0.1, -0.05) is 322 Å². The average molecular weight is 1510 g/mol. The van der Waals surface area contributed by atoms with Crippen LogP contribution in [0, 0.1) is 0 Å². The third kappa shape index (κ3) is 12.5. The van der Waals surface area contributed by atoms with E-state index < -0.39 is 0 Å². The molecule has 10 nitrogen and oxygen atoms in total. The molecule has 0 spiro atoms. The molecule has 0 fully saturated rings. The van der Waals surface area contributed by atoms with E-state index in [-0.39, 0.29) is 0 Å². The highest BCUT2D eigenvalue weighted by molar-refractivity contribution is 6.25. The van der Waals surface area contributed by atoms with Crippen molar-refractivity contribution in [3.8, 4) is 135 Å². The minimum absolute atomic E-state index is 0.583. The molecule has 0 saturated carbocycles. The van der Waals surface area contributed by atoms with Crippen molar-refractivity contribution >= 4 is 87.5 Å². The van der Waals surface area contributed by atoms with Gasteiger partial charge in [0.1, 0.15) is 22.3 Å². The molecule has 17 aromatic carbocycles. The molecule has 10 heteroatoms. The Morgan fingerprint density at radius 2 is 0.415 bits per heavy atom. The molecule has 118 heavy (non-hydrogen) atoms. The van der Waals surface area contributed by atoms with Gasteiger partial charge in [-0.25, -0.2) is 29.9 Å². The molecule has 552 valence electrons. The van der Waals surface area contributed by atoms with Crippen molar-refractivity contribution in [1.82, 2.24) is 39.0 Å². The molecule has 0 aliphatic heterocycles. The van der Waals surface area contributed by atoms with Gasteiger partial charge in [-0.2, -0.15) is 0 Å². The molecule has 23 rings (SSSR count). The lowest BCUT2D eigenvalue weighted by Crippen LogP contribution is -2.00. The van der Waals surface area contributed by atoms with Crippen LogP contribution in [-0.2, 0) is 0 Å². The number of furan rings is 2. The van der Waals surface area contributed by atoms with Crippen LogP contribution >= 0.6 is 0 Å². The quantitative estimate of drug-likeness (QED) is 0.112. The molecule has 0 atom stereocenters. The molecule has 23 aromatic rings. The highest BCUT2D eigenvalue weighted by Crippen LogP contribution is 2.45. The minimum Gasteiger partial charge on any atom is -0.455 e. The number of aromatic nitrogens is 8. The Balaban J connectivity index is 0.000000143. The lowest BCUT2D eigenvalue weighted by Gasteiger charge is -2.11. The van der Waals surface area contributed by atoms with E-state index in [1.807, 2.05) is 72.8 Å². The first-order chi connectivity index (χ1) is 58.5. The lowest BCUT2D eigenvalue weighted by molar-refractivity contribution is 0.672. The van der Waals surface area contributed by atoms with E-state index >= 15 is 0 Å². The van der Waals surface area contributed by atoms with Crippen LogP contribution in [0.25, 0.3) is 223 Å². The third-order valence-corrected chi connectivity index (χ3v) is 22.5. The van der Waals surface area contributed by atoms with Crippen molar-refractivity contribution in [2.45, 2.75) is 0 Å². The smallest absolute Gasteiger partial charge is 0.164 e. The van der Waals surface area contributed by atoms with Crippen LogP contribution in [0.3, 0.4) is 0 Å². The first kappa shape index (κ1) is 68.7. The molecule has 0 aliphatic rings. The summed E-state index contributed by atoms with van der Waals surface area (Å²) in [6.45, 7) is 0. The zero-order valence-corrected chi connectivity index (χ0v) is 63.7. The first-order valence-corrected chi connectivity index (χ1v) is 39.6. The monoisotopic (exact) mass is 1510 g/mol. The van der Waals surface area contributed by atoms with Gasteiger partial charge in [0, 0.05) is 77.1 Å². The summed E-state index contributed by atoms with van der Waals surface area (Å²) in [5, 5.41) is 8.67. The van der Waals surface area contributed by atoms with Crippen molar-refractivity contribution in [3.63, 3.8) is 0 Å². The Kier molecular flexibility index (Phi) is 17.0. The summed E-state index contributed by atoms with van der Waals surface area (Å²) < 4.78 is 18.5. The van der Waals surface area contributed by atoms with Gasteiger partial charge in [0.15, 0.2) is 34.9 Å². The largest absolute Gasteiger partial charge is 0.455 e. The number of benzene rings is 17. The molecular formula is C108H68N8O2. The van der Waals surface area contributed by atoms with Crippen LogP contribution in [-0.4, -0.2) is 39.0 Å². The maximum absolute atomic E-state index is 6.93. The summed E-state index contributed by atoms with van der Waals surface area (Å²) in [5.74, 6) is 3.63. The molecule has 0 saturated heterocycles.